The molecule has 2 aromatic rings. The van der Waals surface area contributed by atoms with Crippen molar-refractivity contribution in [2.75, 3.05) is 0 Å². The Morgan fingerprint density at radius 3 is 2.80 bits per heavy atom. The Morgan fingerprint density at radius 1 is 1.45 bits per heavy atom. The van der Waals surface area contributed by atoms with Crippen LogP contribution in [0.25, 0.3) is 0 Å². The van der Waals surface area contributed by atoms with Crippen molar-refractivity contribution >= 4 is 5.78 Å². The molecule has 106 valence electrons. The van der Waals surface area contributed by atoms with Crippen LogP contribution in [0.3, 0.4) is 0 Å². The summed E-state index contributed by atoms with van der Waals surface area (Å²) in [5.74, 6) is -0.0355. The molecule has 0 N–H and O–H groups in total. The second-order valence-electron chi connectivity index (χ2n) is 4.70. The van der Waals surface area contributed by atoms with E-state index in [9.17, 15) is 9.18 Å². The number of Topliss-reactive ketones (excluding diaryl/α,β-unsaturated/α-hetero) is 1. The average molecular weight is 277 g/mol. The van der Waals surface area contributed by atoms with E-state index in [0.717, 1.165) is 0 Å². The maximum Gasteiger partial charge on any atom is 0.165 e. The summed E-state index contributed by atoms with van der Waals surface area (Å²) in [7, 11) is 0. The van der Waals surface area contributed by atoms with E-state index in [0.29, 0.717) is 11.4 Å². The van der Waals surface area contributed by atoms with Crippen LogP contribution in [0.5, 0.6) is 5.75 Å². The van der Waals surface area contributed by atoms with Gasteiger partial charge in [-0.25, -0.2) is 14.1 Å². The van der Waals surface area contributed by atoms with Crippen LogP contribution < -0.4 is 4.74 Å². The minimum absolute atomic E-state index is 0.0910. The first kappa shape index (κ1) is 14.2. The molecular formula is C14H16FN3O2. The fraction of sp³-hybridized carbons (Fsp3) is 0.357. The summed E-state index contributed by atoms with van der Waals surface area (Å²) in [4.78, 5) is 15.2. The number of carbonyl (C=O) groups is 1. The molecule has 0 saturated carbocycles. The highest BCUT2D eigenvalue weighted by Crippen LogP contribution is 2.20. The van der Waals surface area contributed by atoms with E-state index in [1.807, 2.05) is 13.8 Å². The Balaban J connectivity index is 2.11. The van der Waals surface area contributed by atoms with Crippen molar-refractivity contribution in [1.82, 2.24) is 14.8 Å². The monoisotopic (exact) mass is 277 g/mol. The maximum absolute atomic E-state index is 13.8. The van der Waals surface area contributed by atoms with Crippen molar-refractivity contribution in [3.05, 3.63) is 41.7 Å². The third kappa shape index (κ3) is 3.01. The van der Waals surface area contributed by atoms with Gasteiger partial charge in [0.1, 0.15) is 12.9 Å². The molecular weight excluding hydrogens is 261 g/mol. The number of benzene rings is 1. The number of hydrogen-bond donors (Lipinski definition) is 0. The van der Waals surface area contributed by atoms with Crippen molar-refractivity contribution < 1.29 is 13.9 Å². The molecule has 0 bridgehead atoms. The van der Waals surface area contributed by atoms with Gasteiger partial charge < -0.3 is 4.74 Å². The topological polar surface area (TPSA) is 57.0 Å². The van der Waals surface area contributed by atoms with E-state index >= 15 is 0 Å². The van der Waals surface area contributed by atoms with Crippen LogP contribution in [-0.2, 0) is 6.61 Å². The molecule has 0 atom stereocenters. The van der Waals surface area contributed by atoms with Crippen molar-refractivity contribution in [3.63, 3.8) is 0 Å². The Labute approximate surface area is 116 Å². The van der Waals surface area contributed by atoms with E-state index < -0.39 is 5.82 Å². The average Bonchev–Trinajstić information content (AvgIpc) is 2.85. The summed E-state index contributed by atoms with van der Waals surface area (Å²) in [5, 5.41) is 4.07. The summed E-state index contributed by atoms with van der Waals surface area (Å²) in [6.07, 6.45) is 1.44. The van der Waals surface area contributed by atoms with Gasteiger partial charge in [0.2, 0.25) is 0 Å². The third-order valence-electron chi connectivity index (χ3n) is 2.83. The lowest BCUT2D eigenvalue weighted by Crippen LogP contribution is -2.11. The van der Waals surface area contributed by atoms with E-state index in [2.05, 4.69) is 10.1 Å². The Hall–Kier alpha value is -2.24. The summed E-state index contributed by atoms with van der Waals surface area (Å²) < 4.78 is 20.9. The molecule has 5 nitrogen and oxygen atoms in total. The highest BCUT2D eigenvalue weighted by molar-refractivity contribution is 5.94. The van der Waals surface area contributed by atoms with Gasteiger partial charge in [0.15, 0.2) is 23.2 Å². The lowest BCUT2D eigenvalue weighted by Gasteiger charge is -2.11. The minimum atomic E-state index is -0.562. The highest BCUT2D eigenvalue weighted by Gasteiger charge is 2.11. The molecule has 20 heavy (non-hydrogen) atoms. The normalized spacial score (nSPS) is 10.8. The van der Waals surface area contributed by atoms with Crippen molar-refractivity contribution in [1.29, 1.82) is 0 Å². The standard InChI is InChI=1S/C14H16FN3O2/c1-9(2)18-14(16-8-17-18)7-20-13-5-4-11(10(3)19)6-12(13)15/h4-6,8-9H,7H2,1-3H3. The Kier molecular flexibility index (Phi) is 4.12. The van der Waals surface area contributed by atoms with Gasteiger partial charge >= 0.3 is 0 Å². The zero-order valence-electron chi connectivity index (χ0n) is 11.6. The van der Waals surface area contributed by atoms with E-state index in [1.54, 1.807) is 4.68 Å². The van der Waals surface area contributed by atoms with E-state index in [1.165, 1.54) is 31.5 Å². The number of aromatic nitrogens is 3. The smallest absolute Gasteiger partial charge is 0.165 e. The molecule has 0 spiro atoms. The van der Waals surface area contributed by atoms with Crippen LogP contribution in [0.4, 0.5) is 4.39 Å². The van der Waals surface area contributed by atoms with Crippen LogP contribution in [0, 0.1) is 5.82 Å². The fourth-order valence-electron chi connectivity index (χ4n) is 1.79. The molecule has 0 fully saturated rings. The highest BCUT2D eigenvalue weighted by atomic mass is 19.1. The molecule has 0 radical (unpaired) electrons. The van der Waals surface area contributed by atoms with Crippen molar-refractivity contribution in [3.8, 4) is 5.75 Å². The van der Waals surface area contributed by atoms with Gasteiger partial charge in [0.05, 0.1) is 0 Å². The van der Waals surface area contributed by atoms with Gasteiger partial charge in [0.25, 0.3) is 0 Å². The molecule has 6 heteroatoms. The van der Waals surface area contributed by atoms with Gasteiger partial charge in [-0.05, 0) is 39.0 Å². The quantitative estimate of drug-likeness (QED) is 0.788. The molecule has 1 heterocycles. The van der Waals surface area contributed by atoms with E-state index in [-0.39, 0.29) is 24.2 Å². The molecule has 0 aliphatic carbocycles. The van der Waals surface area contributed by atoms with Crippen molar-refractivity contribution in [2.45, 2.75) is 33.4 Å². The number of halogens is 1. The predicted octanol–water partition coefficient (Wildman–Crippen LogP) is 2.78. The second kappa shape index (κ2) is 5.81. The summed E-state index contributed by atoms with van der Waals surface area (Å²) in [6.45, 7) is 5.45. The maximum atomic E-state index is 13.8. The summed E-state index contributed by atoms with van der Waals surface area (Å²) >= 11 is 0. The van der Waals surface area contributed by atoms with Crippen LogP contribution >= 0.6 is 0 Å². The number of rotatable bonds is 5. The van der Waals surface area contributed by atoms with Gasteiger partial charge in [-0.3, -0.25) is 4.79 Å². The SMILES string of the molecule is CC(=O)c1ccc(OCc2ncnn2C(C)C)c(F)c1. The molecule has 0 saturated heterocycles. The van der Waals surface area contributed by atoms with Gasteiger partial charge in [-0.15, -0.1) is 0 Å². The second-order valence-corrected chi connectivity index (χ2v) is 4.70. The molecule has 0 aliphatic rings. The predicted molar refractivity (Wildman–Crippen MR) is 71.1 cm³/mol. The molecule has 0 amide bonds. The van der Waals surface area contributed by atoms with Gasteiger partial charge in [0, 0.05) is 11.6 Å². The zero-order valence-corrected chi connectivity index (χ0v) is 11.6. The van der Waals surface area contributed by atoms with Gasteiger partial charge in [-0.1, -0.05) is 0 Å². The van der Waals surface area contributed by atoms with Crippen LogP contribution in [0.2, 0.25) is 0 Å². The lowest BCUT2D eigenvalue weighted by atomic mass is 10.1. The largest absolute Gasteiger partial charge is 0.483 e. The number of nitrogens with zero attached hydrogens (tertiary/aromatic N) is 3. The summed E-state index contributed by atoms with van der Waals surface area (Å²) in [5.41, 5.74) is 0.320. The van der Waals surface area contributed by atoms with Crippen LogP contribution in [0.15, 0.2) is 24.5 Å². The molecule has 2 rings (SSSR count). The first-order chi connectivity index (χ1) is 9.49. The van der Waals surface area contributed by atoms with E-state index in [4.69, 9.17) is 4.74 Å². The molecule has 0 aliphatic heterocycles. The minimum Gasteiger partial charge on any atom is -0.483 e. The third-order valence-corrected chi connectivity index (χ3v) is 2.83. The molecule has 1 aromatic heterocycles. The van der Waals surface area contributed by atoms with Crippen LogP contribution in [0.1, 0.15) is 43.0 Å². The fourth-order valence-corrected chi connectivity index (χ4v) is 1.79. The number of carbonyl (C=O) groups excluding carboxylic acids is 1. The Bertz CT molecular complexity index is 623. The number of hydrogen-bond acceptors (Lipinski definition) is 4. The molecule has 0 unspecified atom stereocenters. The van der Waals surface area contributed by atoms with Crippen molar-refractivity contribution in [2.24, 2.45) is 0 Å². The van der Waals surface area contributed by atoms with Crippen LogP contribution in [-0.4, -0.2) is 20.5 Å². The number of ketones is 1. The zero-order chi connectivity index (χ0) is 14.7. The van der Waals surface area contributed by atoms with Gasteiger partial charge in [-0.2, -0.15) is 5.10 Å². The summed E-state index contributed by atoms with van der Waals surface area (Å²) in [6, 6.07) is 4.31. The first-order valence-corrected chi connectivity index (χ1v) is 6.30. The molecule has 1 aromatic carbocycles. The number of ether oxygens (including phenoxy) is 1. The Morgan fingerprint density at radius 2 is 2.20 bits per heavy atom. The lowest BCUT2D eigenvalue weighted by molar-refractivity contribution is 0.101. The first-order valence-electron chi connectivity index (χ1n) is 6.30.